The zero-order valence-electron chi connectivity index (χ0n) is 9.86. The molecule has 0 fully saturated rings. The summed E-state index contributed by atoms with van der Waals surface area (Å²) in [6, 6.07) is -0.546. The van der Waals surface area contributed by atoms with E-state index in [-0.39, 0.29) is 11.1 Å². The van der Waals surface area contributed by atoms with Gasteiger partial charge in [0, 0.05) is 0 Å². The number of carbonyl (C=O) groups excluding carboxylic acids is 1. The molecule has 0 saturated heterocycles. The zero-order valence-corrected chi connectivity index (χ0v) is 10.6. The second-order valence-electron chi connectivity index (χ2n) is 3.16. The Morgan fingerprint density at radius 2 is 2.29 bits per heavy atom. The number of rotatable bonds is 5. The van der Waals surface area contributed by atoms with Gasteiger partial charge in [0.1, 0.15) is 12.4 Å². The number of halogens is 1. The van der Waals surface area contributed by atoms with E-state index in [1.807, 2.05) is 0 Å². The first-order valence-electron chi connectivity index (χ1n) is 5.07. The molecule has 1 heterocycles. The smallest absolute Gasteiger partial charge is 0.328 e. The van der Waals surface area contributed by atoms with Crippen molar-refractivity contribution in [2.75, 3.05) is 19.0 Å². The molecule has 0 saturated carbocycles. The quantitative estimate of drug-likeness (QED) is 0.638. The highest BCUT2D eigenvalue weighted by molar-refractivity contribution is 6.31. The van der Waals surface area contributed by atoms with E-state index in [1.54, 1.807) is 13.8 Å². The third-order valence-electron chi connectivity index (χ3n) is 1.96. The summed E-state index contributed by atoms with van der Waals surface area (Å²) in [5.41, 5.74) is 0. The molecule has 7 heteroatoms. The van der Waals surface area contributed by atoms with Crippen molar-refractivity contribution in [1.29, 1.82) is 0 Å². The first kappa shape index (κ1) is 13.5. The van der Waals surface area contributed by atoms with E-state index in [9.17, 15) is 4.79 Å². The largest absolute Gasteiger partial charge is 0.490 e. The maximum atomic E-state index is 11.4. The third kappa shape index (κ3) is 3.45. The number of carbonyl (C=O) groups is 1. The molecule has 0 bridgehead atoms. The first-order valence-corrected chi connectivity index (χ1v) is 5.45. The van der Waals surface area contributed by atoms with Gasteiger partial charge in [-0.15, -0.1) is 0 Å². The average molecular weight is 260 g/mol. The summed E-state index contributed by atoms with van der Waals surface area (Å²) in [5, 5.41) is 3.03. The Morgan fingerprint density at radius 3 is 2.88 bits per heavy atom. The molecule has 1 aromatic rings. The summed E-state index contributed by atoms with van der Waals surface area (Å²) in [4.78, 5) is 19.2. The van der Waals surface area contributed by atoms with Gasteiger partial charge in [0.15, 0.2) is 16.7 Å². The van der Waals surface area contributed by atoms with E-state index in [1.165, 1.54) is 13.4 Å². The topological polar surface area (TPSA) is 73.3 Å². The van der Waals surface area contributed by atoms with Gasteiger partial charge in [-0.05, 0) is 13.8 Å². The molecule has 1 unspecified atom stereocenters. The van der Waals surface area contributed by atoms with Gasteiger partial charge in [-0.1, -0.05) is 11.6 Å². The Balaban J connectivity index is 2.81. The van der Waals surface area contributed by atoms with Crippen LogP contribution in [0.2, 0.25) is 5.15 Å². The average Bonchev–Trinajstić information content (AvgIpc) is 2.29. The molecule has 0 radical (unpaired) electrons. The Labute approximate surface area is 104 Å². The summed E-state index contributed by atoms with van der Waals surface area (Å²) in [5.74, 6) is 0.280. The maximum absolute atomic E-state index is 11.4. The number of anilines is 1. The van der Waals surface area contributed by atoms with Crippen molar-refractivity contribution in [3.63, 3.8) is 0 Å². The van der Waals surface area contributed by atoms with Gasteiger partial charge in [-0.3, -0.25) is 0 Å². The Hall–Kier alpha value is -1.56. The minimum atomic E-state index is -0.546. The predicted molar refractivity (Wildman–Crippen MR) is 63.3 cm³/mol. The van der Waals surface area contributed by atoms with Crippen LogP contribution in [0.1, 0.15) is 13.8 Å². The molecular weight excluding hydrogens is 246 g/mol. The van der Waals surface area contributed by atoms with Crippen molar-refractivity contribution < 1.29 is 14.3 Å². The van der Waals surface area contributed by atoms with E-state index >= 15 is 0 Å². The van der Waals surface area contributed by atoms with Crippen LogP contribution in [-0.2, 0) is 9.53 Å². The highest BCUT2D eigenvalue weighted by Gasteiger charge is 2.18. The lowest BCUT2D eigenvalue weighted by Crippen LogP contribution is -2.28. The Bertz CT molecular complexity index is 400. The predicted octanol–water partition coefficient (Wildman–Crippen LogP) is 1.50. The lowest BCUT2D eigenvalue weighted by atomic mass is 10.3. The van der Waals surface area contributed by atoms with Gasteiger partial charge in [0.2, 0.25) is 0 Å². The molecule has 1 rings (SSSR count). The Morgan fingerprint density at radius 1 is 1.59 bits per heavy atom. The molecule has 1 N–H and O–H groups in total. The van der Waals surface area contributed by atoms with Crippen molar-refractivity contribution in [3.8, 4) is 5.75 Å². The van der Waals surface area contributed by atoms with E-state index in [0.29, 0.717) is 18.2 Å². The molecular formula is C10H14ClN3O3. The van der Waals surface area contributed by atoms with Crippen LogP contribution in [0.15, 0.2) is 6.33 Å². The SMILES string of the molecule is CCOC(=O)C(C)Nc1ncnc(Cl)c1OC. The standard InChI is InChI=1S/C10H14ClN3O3/c1-4-17-10(15)6(2)14-9-7(16-3)8(11)12-5-13-9/h5-6H,4H2,1-3H3,(H,12,13,14). The number of methoxy groups -OCH3 is 1. The number of nitrogens with one attached hydrogen (secondary N) is 1. The number of esters is 1. The molecule has 17 heavy (non-hydrogen) atoms. The highest BCUT2D eigenvalue weighted by Crippen LogP contribution is 2.28. The fourth-order valence-corrected chi connectivity index (χ4v) is 1.38. The minimum Gasteiger partial charge on any atom is -0.490 e. The minimum absolute atomic E-state index is 0.182. The van der Waals surface area contributed by atoms with Crippen LogP contribution in [-0.4, -0.2) is 35.7 Å². The highest BCUT2D eigenvalue weighted by atomic mass is 35.5. The van der Waals surface area contributed by atoms with Crippen molar-refractivity contribution in [1.82, 2.24) is 9.97 Å². The van der Waals surface area contributed by atoms with E-state index in [4.69, 9.17) is 21.1 Å². The van der Waals surface area contributed by atoms with Crippen molar-refractivity contribution in [2.24, 2.45) is 0 Å². The second-order valence-corrected chi connectivity index (χ2v) is 3.52. The molecule has 1 aromatic heterocycles. The number of nitrogens with zero attached hydrogens (tertiary/aromatic N) is 2. The van der Waals surface area contributed by atoms with Crippen LogP contribution in [0, 0.1) is 0 Å². The van der Waals surface area contributed by atoms with Crippen molar-refractivity contribution >= 4 is 23.4 Å². The van der Waals surface area contributed by atoms with Crippen molar-refractivity contribution in [2.45, 2.75) is 19.9 Å². The Kier molecular flexibility index (Phi) is 4.96. The lowest BCUT2D eigenvalue weighted by molar-refractivity contribution is -0.143. The molecule has 0 aliphatic heterocycles. The van der Waals surface area contributed by atoms with E-state index < -0.39 is 6.04 Å². The molecule has 94 valence electrons. The number of ether oxygens (including phenoxy) is 2. The molecule has 0 amide bonds. The van der Waals surface area contributed by atoms with Gasteiger partial charge < -0.3 is 14.8 Å². The third-order valence-corrected chi connectivity index (χ3v) is 2.23. The van der Waals surface area contributed by atoms with Gasteiger partial charge in [0.05, 0.1) is 13.7 Å². The zero-order chi connectivity index (χ0) is 12.8. The molecule has 0 aromatic carbocycles. The normalized spacial score (nSPS) is 11.8. The van der Waals surface area contributed by atoms with Crippen LogP contribution in [0.4, 0.5) is 5.82 Å². The fraction of sp³-hybridized carbons (Fsp3) is 0.500. The molecule has 0 aliphatic carbocycles. The van der Waals surface area contributed by atoms with Gasteiger partial charge in [-0.2, -0.15) is 0 Å². The van der Waals surface area contributed by atoms with Crippen LogP contribution in [0.25, 0.3) is 0 Å². The number of hydrogen-bond acceptors (Lipinski definition) is 6. The van der Waals surface area contributed by atoms with Crippen LogP contribution < -0.4 is 10.1 Å². The summed E-state index contributed by atoms with van der Waals surface area (Å²) < 4.78 is 9.91. The fourth-order valence-electron chi connectivity index (χ4n) is 1.17. The van der Waals surface area contributed by atoms with Crippen LogP contribution >= 0.6 is 11.6 Å². The maximum Gasteiger partial charge on any atom is 0.328 e. The molecule has 0 spiro atoms. The van der Waals surface area contributed by atoms with Crippen LogP contribution in [0.5, 0.6) is 5.75 Å². The lowest BCUT2D eigenvalue weighted by Gasteiger charge is -2.15. The van der Waals surface area contributed by atoms with Crippen molar-refractivity contribution in [3.05, 3.63) is 11.5 Å². The van der Waals surface area contributed by atoms with Gasteiger partial charge in [0.25, 0.3) is 0 Å². The summed E-state index contributed by atoms with van der Waals surface area (Å²) >= 11 is 5.82. The van der Waals surface area contributed by atoms with Gasteiger partial charge >= 0.3 is 5.97 Å². The number of aromatic nitrogens is 2. The van der Waals surface area contributed by atoms with E-state index in [2.05, 4.69) is 15.3 Å². The molecule has 0 aliphatic rings. The molecule has 1 atom stereocenters. The monoisotopic (exact) mass is 259 g/mol. The summed E-state index contributed by atoms with van der Waals surface area (Å²) in [6.45, 7) is 3.73. The van der Waals surface area contributed by atoms with E-state index in [0.717, 1.165) is 0 Å². The van der Waals surface area contributed by atoms with Gasteiger partial charge in [-0.25, -0.2) is 14.8 Å². The summed E-state index contributed by atoms with van der Waals surface area (Å²) in [6.07, 6.45) is 1.28. The first-order chi connectivity index (χ1) is 8.10. The number of hydrogen-bond donors (Lipinski definition) is 1. The van der Waals surface area contributed by atoms with Crippen LogP contribution in [0.3, 0.4) is 0 Å². The summed E-state index contributed by atoms with van der Waals surface area (Å²) in [7, 11) is 1.45. The second kappa shape index (κ2) is 6.24. The molecule has 6 nitrogen and oxygen atoms in total.